The molecular formula is C17H31NO. The summed E-state index contributed by atoms with van der Waals surface area (Å²) in [5, 5.41) is 0. The van der Waals surface area contributed by atoms with Crippen LogP contribution in [0.4, 0.5) is 0 Å². The van der Waals surface area contributed by atoms with Gasteiger partial charge in [-0.15, -0.1) is 0 Å². The summed E-state index contributed by atoms with van der Waals surface area (Å²) in [4.78, 5) is 14.7. The van der Waals surface area contributed by atoms with Gasteiger partial charge in [-0.1, -0.05) is 27.7 Å². The molecule has 19 heavy (non-hydrogen) atoms. The van der Waals surface area contributed by atoms with Gasteiger partial charge in [-0.3, -0.25) is 4.79 Å². The van der Waals surface area contributed by atoms with Gasteiger partial charge < -0.3 is 4.90 Å². The highest BCUT2D eigenvalue weighted by Gasteiger charge is 2.35. The highest BCUT2D eigenvalue weighted by Crippen LogP contribution is 2.39. The van der Waals surface area contributed by atoms with Gasteiger partial charge in [0.15, 0.2) is 0 Å². The van der Waals surface area contributed by atoms with E-state index in [1.54, 1.807) is 0 Å². The number of piperidine rings is 1. The molecule has 1 aliphatic heterocycles. The van der Waals surface area contributed by atoms with Crippen LogP contribution in [0.2, 0.25) is 0 Å². The molecule has 0 spiro atoms. The van der Waals surface area contributed by atoms with Crippen LogP contribution in [-0.4, -0.2) is 30.3 Å². The minimum absolute atomic E-state index is 0.309. The molecular weight excluding hydrogens is 234 g/mol. The van der Waals surface area contributed by atoms with Gasteiger partial charge in [-0.05, 0) is 49.5 Å². The second kappa shape index (κ2) is 5.95. The van der Waals surface area contributed by atoms with Crippen LogP contribution in [-0.2, 0) is 4.79 Å². The quantitative estimate of drug-likeness (QED) is 0.758. The van der Waals surface area contributed by atoms with Crippen molar-refractivity contribution in [3.05, 3.63) is 0 Å². The van der Waals surface area contributed by atoms with E-state index in [1.165, 1.54) is 25.9 Å². The first-order chi connectivity index (χ1) is 8.86. The molecule has 2 heteroatoms. The molecule has 1 saturated carbocycles. The molecule has 0 aromatic rings. The van der Waals surface area contributed by atoms with Gasteiger partial charge in [0, 0.05) is 25.4 Å². The number of likely N-dealkylation sites (tertiary alicyclic amines) is 1. The van der Waals surface area contributed by atoms with Crippen LogP contribution >= 0.6 is 0 Å². The van der Waals surface area contributed by atoms with Crippen LogP contribution in [0.15, 0.2) is 0 Å². The maximum atomic E-state index is 12.2. The molecule has 0 amide bonds. The number of hydrogen-bond donors (Lipinski definition) is 0. The lowest BCUT2D eigenvalue weighted by Gasteiger charge is -2.40. The van der Waals surface area contributed by atoms with Crippen molar-refractivity contribution in [2.75, 3.05) is 19.6 Å². The number of hydrogen-bond acceptors (Lipinski definition) is 2. The van der Waals surface area contributed by atoms with Crippen LogP contribution in [0.1, 0.15) is 59.8 Å². The van der Waals surface area contributed by atoms with E-state index in [1.807, 2.05) is 0 Å². The molecule has 1 aliphatic carbocycles. The Labute approximate surface area is 118 Å². The smallest absolute Gasteiger partial charge is 0.137 e. The molecule has 0 N–H and O–H groups in total. The summed E-state index contributed by atoms with van der Waals surface area (Å²) in [7, 11) is 0. The van der Waals surface area contributed by atoms with Gasteiger partial charge >= 0.3 is 0 Å². The number of Topliss-reactive ketones (excluding diaryl/α,β-unsaturated/α-hetero) is 1. The van der Waals surface area contributed by atoms with Crippen LogP contribution in [0.25, 0.3) is 0 Å². The predicted molar refractivity (Wildman–Crippen MR) is 80.1 cm³/mol. The van der Waals surface area contributed by atoms with Gasteiger partial charge in [0.1, 0.15) is 5.78 Å². The van der Waals surface area contributed by atoms with Crippen molar-refractivity contribution < 1.29 is 4.79 Å². The van der Waals surface area contributed by atoms with Crippen molar-refractivity contribution in [2.45, 2.75) is 59.8 Å². The normalized spacial score (nSPS) is 34.5. The summed E-state index contributed by atoms with van der Waals surface area (Å²) in [5.74, 6) is 2.37. The third-order valence-electron chi connectivity index (χ3n) is 5.21. The van der Waals surface area contributed by atoms with Gasteiger partial charge in [-0.25, -0.2) is 0 Å². The van der Waals surface area contributed by atoms with E-state index >= 15 is 0 Å². The molecule has 0 aromatic carbocycles. The lowest BCUT2D eigenvalue weighted by molar-refractivity contribution is -0.127. The molecule has 0 aromatic heterocycles. The Bertz CT molecular complexity index is 318. The lowest BCUT2D eigenvalue weighted by Crippen LogP contribution is -2.42. The predicted octanol–water partition coefficient (Wildman–Crippen LogP) is 3.75. The van der Waals surface area contributed by atoms with Crippen LogP contribution in [0.3, 0.4) is 0 Å². The van der Waals surface area contributed by atoms with Crippen molar-refractivity contribution in [3.63, 3.8) is 0 Å². The highest BCUT2D eigenvalue weighted by molar-refractivity contribution is 5.82. The Kier molecular flexibility index (Phi) is 4.70. The number of carbonyl (C=O) groups excluding carboxylic acids is 1. The van der Waals surface area contributed by atoms with Gasteiger partial charge in [0.25, 0.3) is 0 Å². The fraction of sp³-hybridized carbons (Fsp3) is 0.941. The van der Waals surface area contributed by atoms with Crippen molar-refractivity contribution in [2.24, 2.45) is 23.2 Å². The van der Waals surface area contributed by atoms with E-state index in [4.69, 9.17) is 0 Å². The zero-order valence-corrected chi connectivity index (χ0v) is 13.2. The molecule has 3 atom stereocenters. The van der Waals surface area contributed by atoms with Gasteiger partial charge in [-0.2, -0.15) is 0 Å². The minimum atomic E-state index is 0.309. The summed E-state index contributed by atoms with van der Waals surface area (Å²) in [6.07, 6.45) is 5.71. The summed E-state index contributed by atoms with van der Waals surface area (Å²) >= 11 is 0. The maximum Gasteiger partial charge on any atom is 0.137 e. The third kappa shape index (κ3) is 4.05. The first-order valence-electron chi connectivity index (χ1n) is 8.11. The highest BCUT2D eigenvalue weighted by atomic mass is 16.1. The first kappa shape index (κ1) is 15.0. The standard InChI is InChI=1S/C17H31NO/c1-13-6-5-9-18(11-13)12-14-10-15(17(2,3)4)7-8-16(14)19/h13-15H,5-12H2,1-4H3. The van der Waals surface area contributed by atoms with Crippen LogP contribution in [0.5, 0.6) is 0 Å². The molecule has 2 fully saturated rings. The average molecular weight is 265 g/mol. The second-order valence-corrected chi connectivity index (χ2v) is 8.01. The number of nitrogens with zero attached hydrogens (tertiary/aromatic N) is 1. The van der Waals surface area contributed by atoms with Crippen molar-refractivity contribution in [1.29, 1.82) is 0 Å². The fourth-order valence-corrected chi connectivity index (χ4v) is 3.84. The van der Waals surface area contributed by atoms with E-state index in [0.717, 1.165) is 37.6 Å². The Morgan fingerprint density at radius 2 is 2.00 bits per heavy atom. The molecule has 2 rings (SSSR count). The fourth-order valence-electron chi connectivity index (χ4n) is 3.84. The Morgan fingerprint density at radius 3 is 2.63 bits per heavy atom. The average Bonchev–Trinajstić information content (AvgIpc) is 2.30. The van der Waals surface area contributed by atoms with Gasteiger partial charge in [0.2, 0.25) is 0 Å². The largest absolute Gasteiger partial charge is 0.302 e. The Morgan fingerprint density at radius 1 is 1.26 bits per heavy atom. The molecule has 3 unspecified atom stereocenters. The summed E-state index contributed by atoms with van der Waals surface area (Å²) in [6.45, 7) is 12.7. The maximum absolute atomic E-state index is 12.2. The van der Waals surface area contributed by atoms with E-state index in [9.17, 15) is 4.79 Å². The summed E-state index contributed by atoms with van der Waals surface area (Å²) < 4.78 is 0. The number of carbonyl (C=O) groups is 1. The third-order valence-corrected chi connectivity index (χ3v) is 5.21. The monoisotopic (exact) mass is 265 g/mol. The first-order valence-corrected chi connectivity index (χ1v) is 8.11. The molecule has 1 heterocycles. The zero-order chi connectivity index (χ0) is 14.0. The molecule has 0 radical (unpaired) electrons. The Balaban J connectivity index is 1.92. The molecule has 2 nitrogen and oxygen atoms in total. The topological polar surface area (TPSA) is 20.3 Å². The summed E-state index contributed by atoms with van der Waals surface area (Å²) in [5.41, 5.74) is 0.355. The molecule has 110 valence electrons. The molecule has 1 saturated heterocycles. The van der Waals surface area contributed by atoms with Crippen LogP contribution in [0, 0.1) is 23.2 Å². The van der Waals surface area contributed by atoms with E-state index in [-0.39, 0.29) is 0 Å². The van der Waals surface area contributed by atoms with Gasteiger partial charge in [0.05, 0.1) is 0 Å². The van der Waals surface area contributed by atoms with Crippen LogP contribution < -0.4 is 0 Å². The SMILES string of the molecule is CC1CCCN(CC2CC(C(C)(C)C)CCC2=O)C1. The van der Waals surface area contributed by atoms with Crippen molar-refractivity contribution >= 4 is 5.78 Å². The Hall–Kier alpha value is -0.370. The van der Waals surface area contributed by atoms with Crippen molar-refractivity contribution in [1.82, 2.24) is 4.90 Å². The van der Waals surface area contributed by atoms with Crippen molar-refractivity contribution in [3.8, 4) is 0 Å². The molecule has 0 bridgehead atoms. The minimum Gasteiger partial charge on any atom is -0.302 e. The molecule has 2 aliphatic rings. The summed E-state index contributed by atoms with van der Waals surface area (Å²) in [6, 6.07) is 0. The zero-order valence-electron chi connectivity index (χ0n) is 13.2. The van der Waals surface area contributed by atoms with E-state index in [2.05, 4.69) is 32.6 Å². The number of ketones is 1. The van der Waals surface area contributed by atoms with E-state index in [0.29, 0.717) is 17.1 Å². The van der Waals surface area contributed by atoms with E-state index < -0.39 is 0 Å². The second-order valence-electron chi connectivity index (χ2n) is 8.01. The number of rotatable bonds is 2. The lowest BCUT2D eigenvalue weighted by atomic mass is 9.68.